The number of carbonyl (C=O) groups excluding carboxylic acids is 1. The highest BCUT2D eigenvalue weighted by atomic mass is 31.1. The van der Waals surface area contributed by atoms with Crippen LogP contribution in [0.4, 0.5) is 0 Å². The number of ether oxygens (including phenoxy) is 2. The summed E-state index contributed by atoms with van der Waals surface area (Å²) in [7, 11) is 2.12. The van der Waals surface area contributed by atoms with Crippen molar-refractivity contribution in [3.05, 3.63) is 130 Å². The molecule has 214 valence electrons. The Morgan fingerprint density at radius 2 is 1.44 bits per heavy atom. The van der Waals surface area contributed by atoms with Crippen molar-refractivity contribution in [3.8, 4) is 5.75 Å². The topological polar surface area (TPSA) is 35.5 Å². The van der Waals surface area contributed by atoms with E-state index in [-0.39, 0.29) is 11.9 Å². The summed E-state index contributed by atoms with van der Waals surface area (Å²) in [5.74, 6) is 0.932. The van der Waals surface area contributed by atoms with Gasteiger partial charge in [0.05, 0.1) is 0 Å². The molecule has 0 bridgehead atoms. The first-order chi connectivity index (χ1) is 20.1. The number of aldehydes is 1. The van der Waals surface area contributed by atoms with Crippen LogP contribution in [-0.2, 0) is 22.7 Å². The quantitative estimate of drug-likeness (QED) is 0.0588. The fourth-order valence-corrected chi connectivity index (χ4v) is 7.43. The summed E-state index contributed by atoms with van der Waals surface area (Å²) >= 11 is 0. The van der Waals surface area contributed by atoms with Crippen molar-refractivity contribution in [2.24, 2.45) is 0 Å². The van der Waals surface area contributed by atoms with E-state index >= 15 is 0 Å². The average molecular weight is 567 g/mol. The number of rotatable bonds is 16. The third-order valence-electron chi connectivity index (χ3n) is 7.82. The van der Waals surface area contributed by atoms with Crippen LogP contribution in [0.3, 0.4) is 0 Å². The first-order valence-electron chi connectivity index (χ1n) is 14.8. The Kier molecular flexibility index (Phi) is 11.7. The SMILES string of the molecule is CCCCCC(CC)(Pc1ccccc1C=O)c1cc(Cc2ccccc2)cc(Cc2ccccc2)c1OCOC. The zero-order valence-electron chi connectivity index (χ0n) is 24.7. The second kappa shape index (κ2) is 15.7. The van der Waals surface area contributed by atoms with Crippen LogP contribution in [0.1, 0.15) is 84.1 Å². The average Bonchev–Trinajstić information content (AvgIpc) is 3.01. The van der Waals surface area contributed by atoms with E-state index in [0.29, 0.717) is 8.58 Å². The number of hydrogen-bond donors (Lipinski definition) is 0. The molecule has 2 unspecified atom stereocenters. The number of unbranched alkanes of at least 4 members (excludes halogenated alkanes) is 2. The molecule has 3 nitrogen and oxygen atoms in total. The first-order valence-corrected chi connectivity index (χ1v) is 15.8. The van der Waals surface area contributed by atoms with Crippen molar-refractivity contribution >= 4 is 20.2 Å². The van der Waals surface area contributed by atoms with E-state index in [2.05, 4.69) is 98.8 Å². The van der Waals surface area contributed by atoms with Crippen molar-refractivity contribution in [2.75, 3.05) is 13.9 Å². The first kappa shape index (κ1) is 30.7. The van der Waals surface area contributed by atoms with Crippen LogP contribution in [0.5, 0.6) is 5.75 Å². The Balaban J connectivity index is 1.93. The number of carbonyl (C=O) groups is 1. The lowest BCUT2D eigenvalue weighted by Crippen LogP contribution is -2.26. The van der Waals surface area contributed by atoms with E-state index in [1.54, 1.807) is 7.11 Å². The van der Waals surface area contributed by atoms with Gasteiger partial charge in [0.2, 0.25) is 0 Å². The molecule has 4 heteroatoms. The Labute approximate surface area is 248 Å². The molecule has 41 heavy (non-hydrogen) atoms. The Morgan fingerprint density at radius 1 is 0.780 bits per heavy atom. The fraction of sp³-hybridized carbons (Fsp3) is 0.324. The predicted octanol–water partition coefficient (Wildman–Crippen LogP) is 8.85. The molecule has 0 fully saturated rings. The van der Waals surface area contributed by atoms with E-state index in [9.17, 15) is 4.79 Å². The van der Waals surface area contributed by atoms with Crippen LogP contribution < -0.4 is 10.0 Å². The molecule has 0 spiro atoms. The molecule has 0 saturated heterocycles. The van der Waals surface area contributed by atoms with E-state index in [1.165, 1.54) is 34.2 Å². The van der Waals surface area contributed by atoms with Crippen LogP contribution in [0, 0.1) is 0 Å². The summed E-state index contributed by atoms with van der Waals surface area (Å²) in [6.07, 6.45) is 8.08. The molecule has 2 atom stereocenters. The largest absolute Gasteiger partial charge is 0.467 e. The van der Waals surface area contributed by atoms with Gasteiger partial charge in [-0.1, -0.05) is 139 Å². The zero-order valence-corrected chi connectivity index (χ0v) is 25.7. The lowest BCUT2D eigenvalue weighted by atomic mass is 9.84. The lowest BCUT2D eigenvalue weighted by molar-refractivity contribution is 0.0492. The summed E-state index contributed by atoms with van der Waals surface area (Å²) in [6, 6.07) is 34.1. The lowest BCUT2D eigenvalue weighted by Gasteiger charge is -2.37. The second-order valence-corrected chi connectivity index (χ2v) is 12.5. The van der Waals surface area contributed by atoms with Crippen molar-refractivity contribution in [2.45, 2.75) is 63.9 Å². The van der Waals surface area contributed by atoms with Crippen molar-refractivity contribution < 1.29 is 14.3 Å². The van der Waals surface area contributed by atoms with Gasteiger partial charge in [-0.25, -0.2) is 0 Å². The van der Waals surface area contributed by atoms with Gasteiger partial charge in [-0.2, -0.15) is 0 Å². The van der Waals surface area contributed by atoms with Crippen LogP contribution in [0.25, 0.3) is 0 Å². The molecule has 4 aromatic carbocycles. The normalized spacial score (nSPS) is 12.9. The summed E-state index contributed by atoms with van der Waals surface area (Å²) in [5.41, 5.74) is 7.02. The Morgan fingerprint density at radius 3 is 2.07 bits per heavy atom. The standard InChI is InChI=1S/C37H43O3P/c1-4-6-15-22-37(5-2,41-35-21-14-13-20-32(35)27-38)34-26-31(23-29-16-9-7-10-17-29)25-33(36(34)40-28-39-3)24-30-18-11-8-12-19-30/h7-14,16-21,25-27,41H,4-6,15,22-24,28H2,1-3H3. The molecular formula is C37H43O3P. The van der Waals surface area contributed by atoms with Gasteiger partial charge in [0.25, 0.3) is 0 Å². The van der Waals surface area contributed by atoms with E-state index in [4.69, 9.17) is 9.47 Å². The van der Waals surface area contributed by atoms with Crippen LogP contribution in [0.15, 0.2) is 97.1 Å². The van der Waals surface area contributed by atoms with Crippen LogP contribution in [0.2, 0.25) is 0 Å². The highest BCUT2D eigenvalue weighted by Crippen LogP contribution is 2.52. The third-order valence-corrected chi connectivity index (χ3v) is 9.90. The number of benzene rings is 4. The zero-order chi connectivity index (χ0) is 28.9. The van der Waals surface area contributed by atoms with Gasteiger partial charge < -0.3 is 9.47 Å². The molecule has 4 aromatic rings. The maximum Gasteiger partial charge on any atom is 0.188 e. The van der Waals surface area contributed by atoms with Gasteiger partial charge in [-0.3, -0.25) is 4.79 Å². The Hall–Kier alpha value is -3.26. The van der Waals surface area contributed by atoms with E-state index < -0.39 is 0 Å². The summed E-state index contributed by atoms with van der Waals surface area (Å²) in [4.78, 5) is 12.1. The van der Waals surface area contributed by atoms with Gasteiger partial charge in [-0.15, -0.1) is 0 Å². The van der Waals surface area contributed by atoms with Gasteiger partial charge in [0.1, 0.15) is 5.75 Å². The summed E-state index contributed by atoms with van der Waals surface area (Å²) in [6.45, 7) is 4.74. The monoisotopic (exact) mass is 566 g/mol. The molecular weight excluding hydrogens is 523 g/mol. The van der Waals surface area contributed by atoms with E-state index in [0.717, 1.165) is 61.4 Å². The highest BCUT2D eigenvalue weighted by molar-refractivity contribution is 7.48. The van der Waals surface area contributed by atoms with Gasteiger partial charge in [-0.05, 0) is 46.8 Å². The minimum absolute atomic E-state index is 0.171. The van der Waals surface area contributed by atoms with Crippen molar-refractivity contribution in [1.82, 2.24) is 0 Å². The maximum atomic E-state index is 12.1. The van der Waals surface area contributed by atoms with Crippen LogP contribution in [-0.4, -0.2) is 20.2 Å². The van der Waals surface area contributed by atoms with E-state index in [1.807, 2.05) is 12.1 Å². The summed E-state index contributed by atoms with van der Waals surface area (Å²) in [5, 5.41) is 0.951. The molecule has 0 aliphatic carbocycles. The molecule has 0 aromatic heterocycles. The maximum absolute atomic E-state index is 12.1. The van der Waals surface area contributed by atoms with Crippen molar-refractivity contribution in [1.29, 1.82) is 0 Å². The van der Waals surface area contributed by atoms with Gasteiger partial charge >= 0.3 is 0 Å². The predicted molar refractivity (Wildman–Crippen MR) is 173 cm³/mol. The van der Waals surface area contributed by atoms with Gasteiger partial charge in [0, 0.05) is 29.8 Å². The number of hydrogen-bond acceptors (Lipinski definition) is 3. The molecule has 0 aliphatic heterocycles. The second-order valence-electron chi connectivity index (χ2n) is 10.7. The van der Waals surface area contributed by atoms with Crippen molar-refractivity contribution in [3.63, 3.8) is 0 Å². The molecule has 0 radical (unpaired) electrons. The van der Waals surface area contributed by atoms with Gasteiger partial charge in [0.15, 0.2) is 13.1 Å². The minimum atomic E-state index is -0.171. The fourth-order valence-electron chi connectivity index (χ4n) is 5.65. The summed E-state index contributed by atoms with van der Waals surface area (Å²) < 4.78 is 12.0. The smallest absolute Gasteiger partial charge is 0.188 e. The third kappa shape index (κ3) is 8.15. The molecule has 0 amide bonds. The molecule has 4 rings (SSSR count). The molecule has 0 saturated carbocycles. The molecule has 0 heterocycles. The Bertz CT molecular complexity index is 1370. The number of methoxy groups -OCH3 is 1. The molecule has 0 N–H and O–H groups in total. The van der Waals surface area contributed by atoms with Crippen LogP contribution >= 0.6 is 8.58 Å². The highest BCUT2D eigenvalue weighted by Gasteiger charge is 2.35. The minimum Gasteiger partial charge on any atom is -0.467 e. The molecule has 0 aliphatic rings.